The molecule has 1 aromatic rings. The van der Waals surface area contributed by atoms with Crippen LogP contribution in [0.4, 0.5) is 0 Å². The van der Waals surface area contributed by atoms with Gasteiger partial charge in [-0.3, -0.25) is 0 Å². The van der Waals surface area contributed by atoms with Crippen molar-refractivity contribution in [3.8, 4) is 5.75 Å². The summed E-state index contributed by atoms with van der Waals surface area (Å²) in [5.41, 5.74) is 3.53. The molecule has 0 heterocycles. The molecule has 1 atom stereocenters. The molecule has 0 unspecified atom stereocenters. The van der Waals surface area contributed by atoms with Crippen LogP contribution in [0.15, 0.2) is 12.1 Å². The minimum absolute atomic E-state index is 0.328. The fraction of sp³-hybridized carbons (Fsp3) is 0.500. The number of ether oxygens (including phenoxy) is 1. The molecule has 1 N–H and O–H groups in total. The monoisotopic (exact) mass is 194 g/mol. The molecule has 14 heavy (non-hydrogen) atoms. The number of rotatable bonds is 3. The number of methoxy groups -OCH3 is 1. The third-order valence-corrected chi connectivity index (χ3v) is 2.41. The van der Waals surface area contributed by atoms with E-state index in [2.05, 4.69) is 19.9 Å². The van der Waals surface area contributed by atoms with E-state index in [-0.39, 0.29) is 6.10 Å². The van der Waals surface area contributed by atoms with Gasteiger partial charge >= 0.3 is 0 Å². The molecule has 2 nitrogen and oxygen atoms in total. The quantitative estimate of drug-likeness (QED) is 0.799. The molecule has 1 rings (SSSR count). The standard InChI is InChI=1S/C12H18O2/c1-8-5-11(7-10(3)13)12(14-4)6-9(8)2/h5-6,10,13H,7H2,1-4H3/t10-/m1/s1. The molecule has 0 saturated heterocycles. The zero-order valence-corrected chi connectivity index (χ0v) is 9.29. The lowest BCUT2D eigenvalue weighted by Gasteiger charge is -2.12. The van der Waals surface area contributed by atoms with Gasteiger partial charge in [0.2, 0.25) is 0 Å². The Morgan fingerprint density at radius 1 is 1.29 bits per heavy atom. The van der Waals surface area contributed by atoms with Gasteiger partial charge in [0.25, 0.3) is 0 Å². The number of benzene rings is 1. The Balaban J connectivity index is 3.07. The zero-order valence-electron chi connectivity index (χ0n) is 9.29. The second kappa shape index (κ2) is 4.47. The highest BCUT2D eigenvalue weighted by Gasteiger charge is 2.08. The zero-order chi connectivity index (χ0) is 10.7. The maximum atomic E-state index is 9.33. The molecule has 0 fully saturated rings. The molecule has 78 valence electrons. The van der Waals surface area contributed by atoms with Crippen molar-refractivity contribution in [3.63, 3.8) is 0 Å². The fourth-order valence-electron chi connectivity index (χ4n) is 1.52. The SMILES string of the molecule is COc1cc(C)c(C)cc1C[C@@H](C)O. The smallest absolute Gasteiger partial charge is 0.122 e. The van der Waals surface area contributed by atoms with Gasteiger partial charge in [0, 0.05) is 6.42 Å². The van der Waals surface area contributed by atoms with Crippen molar-refractivity contribution in [2.75, 3.05) is 7.11 Å². The van der Waals surface area contributed by atoms with Crippen LogP contribution in [-0.4, -0.2) is 18.3 Å². The highest BCUT2D eigenvalue weighted by molar-refractivity contribution is 5.42. The fourth-order valence-corrected chi connectivity index (χ4v) is 1.52. The summed E-state index contributed by atoms with van der Waals surface area (Å²) in [7, 11) is 1.66. The van der Waals surface area contributed by atoms with E-state index in [1.807, 2.05) is 6.07 Å². The molecular formula is C12H18O2. The van der Waals surface area contributed by atoms with Crippen molar-refractivity contribution >= 4 is 0 Å². The minimum Gasteiger partial charge on any atom is -0.496 e. The van der Waals surface area contributed by atoms with Crippen molar-refractivity contribution in [2.24, 2.45) is 0 Å². The minimum atomic E-state index is -0.328. The first kappa shape index (κ1) is 11.1. The maximum Gasteiger partial charge on any atom is 0.122 e. The Morgan fingerprint density at radius 3 is 2.36 bits per heavy atom. The van der Waals surface area contributed by atoms with Gasteiger partial charge in [0.15, 0.2) is 0 Å². The summed E-state index contributed by atoms with van der Waals surface area (Å²) in [6.07, 6.45) is 0.315. The van der Waals surface area contributed by atoms with Crippen LogP contribution < -0.4 is 4.74 Å². The molecule has 0 radical (unpaired) electrons. The van der Waals surface area contributed by atoms with Gasteiger partial charge in [0.1, 0.15) is 5.75 Å². The first-order chi connectivity index (χ1) is 6.54. The van der Waals surface area contributed by atoms with E-state index in [0.717, 1.165) is 11.3 Å². The molecule has 0 aliphatic heterocycles. The normalized spacial score (nSPS) is 12.6. The topological polar surface area (TPSA) is 29.5 Å². The molecular weight excluding hydrogens is 176 g/mol. The van der Waals surface area contributed by atoms with Gasteiger partial charge in [-0.1, -0.05) is 6.07 Å². The third kappa shape index (κ3) is 2.48. The Bertz CT molecular complexity index is 316. The van der Waals surface area contributed by atoms with Crippen molar-refractivity contribution in [1.29, 1.82) is 0 Å². The summed E-state index contributed by atoms with van der Waals surface area (Å²) in [6, 6.07) is 4.11. The number of aliphatic hydroxyl groups excluding tert-OH is 1. The Hall–Kier alpha value is -1.02. The molecule has 0 bridgehead atoms. The van der Waals surface area contributed by atoms with Crippen LogP contribution in [-0.2, 0) is 6.42 Å². The maximum absolute atomic E-state index is 9.33. The molecule has 1 aromatic carbocycles. The summed E-state index contributed by atoms with van der Waals surface area (Å²) < 4.78 is 5.27. The van der Waals surface area contributed by atoms with E-state index in [4.69, 9.17) is 4.74 Å². The van der Waals surface area contributed by atoms with Crippen LogP contribution in [0.5, 0.6) is 5.75 Å². The lowest BCUT2D eigenvalue weighted by atomic mass is 10.0. The second-order valence-corrected chi connectivity index (χ2v) is 3.80. The second-order valence-electron chi connectivity index (χ2n) is 3.80. The van der Waals surface area contributed by atoms with Gasteiger partial charge in [0.05, 0.1) is 13.2 Å². The lowest BCUT2D eigenvalue weighted by molar-refractivity contribution is 0.194. The van der Waals surface area contributed by atoms with E-state index < -0.39 is 0 Å². The van der Waals surface area contributed by atoms with Crippen LogP contribution in [0.3, 0.4) is 0 Å². The molecule has 0 spiro atoms. The summed E-state index contributed by atoms with van der Waals surface area (Å²) >= 11 is 0. The van der Waals surface area contributed by atoms with Gasteiger partial charge in [-0.2, -0.15) is 0 Å². The van der Waals surface area contributed by atoms with Gasteiger partial charge in [-0.15, -0.1) is 0 Å². The predicted molar refractivity (Wildman–Crippen MR) is 57.9 cm³/mol. The van der Waals surface area contributed by atoms with Crippen LogP contribution in [0.25, 0.3) is 0 Å². The number of aliphatic hydroxyl groups is 1. The number of hydrogen-bond donors (Lipinski definition) is 1. The first-order valence-electron chi connectivity index (χ1n) is 4.86. The Labute approximate surface area is 85.5 Å². The molecule has 0 aliphatic carbocycles. The molecule has 2 heteroatoms. The highest BCUT2D eigenvalue weighted by Crippen LogP contribution is 2.24. The Kier molecular flexibility index (Phi) is 3.53. The van der Waals surface area contributed by atoms with E-state index >= 15 is 0 Å². The van der Waals surface area contributed by atoms with Crippen molar-refractivity contribution in [1.82, 2.24) is 0 Å². The summed E-state index contributed by atoms with van der Waals surface area (Å²) in [5.74, 6) is 0.869. The Morgan fingerprint density at radius 2 is 1.86 bits per heavy atom. The van der Waals surface area contributed by atoms with Gasteiger partial charge in [-0.25, -0.2) is 0 Å². The van der Waals surface area contributed by atoms with Gasteiger partial charge in [-0.05, 0) is 43.5 Å². The van der Waals surface area contributed by atoms with E-state index in [9.17, 15) is 5.11 Å². The average molecular weight is 194 g/mol. The highest BCUT2D eigenvalue weighted by atomic mass is 16.5. The number of hydrogen-bond acceptors (Lipinski definition) is 2. The molecule has 0 aliphatic rings. The summed E-state index contributed by atoms with van der Waals surface area (Å²) in [4.78, 5) is 0. The van der Waals surface area contributed by atoms with Crippen LogP contribution in [0, 0.1) is 13.8 Å². The molecule has 0 aromatic heterocycles. The van der Waals surface area contributed by atoms with Crippen LogP contribution >= 0.6 is 0 Å². The summed E-state index contributed by atoms with van der Waals surface area (Å²) in [5, 5.41) is 9.33. The van der Waals surface area contributed by atoms with E-state index in [1.165, 1.54) is 11.1 Å². The first-order valence-corrected chi connectivity index (χ1v) is 4.86. The van der Waals surface area contributed by atoms with Gasteiger partial charge < -0.3 is 9.84 Å². The van der Waals surface area contributed by atoms with E-state index in [0.29, 0.717) is 6.42 Å². The lowest BCUT2D eigenvalue weighted by Crippen LogP contribution is -2.06. The van der Waals surface area contributed by atoms with Crippen molar-refractivity contribution in [3.05, 3.63) is 28.8 Å². The molecule has 0 amide bonds. The van der Waals surface area contributed by atoms with Crippen molar-refractivity contribution in [2.45, 2.75) is 33.3 Å². The third-order valence-electron chi connectivity index (χ3n) is 2.41. The van der Waals surface area contributed by atoms with Crippen LogP contribution in [0.2, 0.25) is 0 Å². The number of aryl methyl sites for hydroxylation is 2. The molecule has 0 saturated carbocycles. The predicted octanol–water partition coefficient (Wildman–Crippen LogP) is 2.24. The summed E-state index contributed by atoms with van der Waals surface area (Å²) in [6.45, 7) is 5.92. The largest absolute Gasteiger partial charge is 0.496 e. The van der Waals surface area contributed by atoms with Crippen molar-refractivity contribution < 1.29 is 9.84 Å². The average Bonchev–Trinajstić information content (AvgIpc) is 2.10. The van der Waals surface area contributed by atoms with E-state index in [1.54, 1.807) is 14.0 Å². The van der Waals surface area contributed by atoms with Crippen LogP contribution in [0.1, 0.15) is 23.6 Å².